The number of fused-ring (bicyclic) bond motifs is 1. The normalized spacial score (nSPS) is 20.5. The zero-order chi connectivity index (χ0) is 17.9. The summed E-state index contributed by atoms with van der Waals surface area (Å²) in [6.07, 6.45) is 5.14. The maximum absolute atomic E-state index is 12.8. The number of piperazine rings is 1. The lowest BCUT2D eigenvalue weighted by Gasteiger charge is -2.41. The molecule has 0 saturated carbocycles. The number of benzene rings is 1. The molecule has 0 unspecified atom stereocenters. The molecule has 2 aromatic rings. The second-order valence-corrected chi connectivity index (χ2v) is 7.05. The molecule has 2 aliphatic rings. The molecule has 1 atom stereocenters. The van der Waals surface area contributed by atoms with E-state index in [0.717, 1.165) is 39.0 Å². The predicted octanol–water partition coefficient (Wildman–Crippen LogP) is 2.41. The van der Waals surface area contributed by atoms with Gasteiger partial charge in [-0.25, -0.2) is 4.98 Å². The topological polar surface area (TPSA) is 45.7 Å². The summed E-state index contributed by atoms with van der Waals surface area (Å²) in [7, 11) is 1.55. The van der Waals surface area contributed by atoms with E-state index in [1.165, 1.54) is 17.5 Å². The summed E-state index contributed by atoms with van der Waals surface area (Å²) in [6.45, 7) is 3.38. The molecule has 1 aromatic heterocycles. The van der Waals surface area contributed by atoms with Crippen molar-refractivity contribution in [1.29, 1.82) is 0 Å². The Morgan fingerprint density at radius 3 is 2.62 bits per heavy atom. The van der Waals surface area contributed by atoms with Gasteiger partial charge in [-0.2, -0.15) is 0 Å². The van der Waals surface area contributed by atoms with E-state index < -0.39 is 0 Å². The summed E-state index contributed by atoms with van der Waals surface area (Å²) >= 11 is 0. The first-order valence-corrected chi connectivity index (χ1v) is 9.35. The van der Waals surface area contributed by atoms with Gasteiger partial charge in [0.25, 0.3) is 5.91 Å². The third kappa shape index (κ3) is 3.31. The van der Waals surface area contributed by atoms with Gasteiger partial charge in [-0.15, -0.1) is 0 Å². The van der Waals surface area contributed by atoms with Gasteiger partial charge in [-0.3, -0.25) is 9.69 Å². The molecule has 2 heterocycles. The molecule has 0 spiro atoms. The molecule has 1 aliphatic heterocycles. The zero-order valence-electron chi connectivity index (χ0n) is 15.2. The first-order chi connectivity index (χ1) is 12.8. The van der Waals surface area contributed by atoms with Gasteiger partial charge in [0.15, 0.2) is 0 Å². The SMILES string of the molecule is COc1ncccc1C(=O)N1CCN([C@@H]2CCc3ccccc3C2)CC1. The average Bonchev–Trinajstić information content (AvgIpc) is 2.73. The van der Waals surface area contributed by atoms with Crippen LogP contribution < -0.4 is 4.74 Å². The maximum Gasteiger partial charge on any atom is 0.259 e. The van der Waals surface area contributed by atoms with Crippen LogP contribution in [-0.2, 0) is 12.8 Å². The number of ether oxygens (including phenoxy) is 1. The molecule has 1 aliphatic carbocycles. The first kappa shape index (κ1) is 17.0. The first-order valence-electron chi connectivity index (χ1n) is 9.35. The van der Waals surface area contributed by atoms with E-state index in [0.29, 0.717) is 17.5 Å². The average molecular weight is 351 g/mol. The third-order valence-electron chi connectivity index (χ3n) is 5.63. The fraction of sp³-hybridized carbons (Fsp3) is 0.429. The van der Waals surface area contributed by atoms with Gasteiger partial charge in [0, 0.05) is 38.4 Å². The molecular formula is C21H25N3O2. The van der Waals surface area contributed by atoms with Crippen molar-refractivity contribution >= 4 is 5.91 Å². The number of nitrogens with zero attached hydrogens (tertiary/aromatic N) is 3. The van der Waals surface area contributed by atoms with Crippen LogP contribution in [0.15, 0.2) is 42.6 Å². The largest absolute Gasteiger partial charge is 0.480 e. The van der Waals surface area contributed by atoms with Gasteiger partial charge in [-0.05, 0) is 42.5 Å². The van der Waals surface area contributed by atoms with Gasteiger partial charge in [-0.1, -0.05) is 24.3 Å². The van der Waals surface area contributed by atoms with Gasteiger partial charge in [0.2, 0.25) is 5.88 Å². The van der Waals surface area contributed by atoms with Crippen molar-refractivity contribution in [3.63, 3.8) is 0 Å². The van der Waals surface area contributed by atoms with E-state index in [-0.39, 0.29) is 5.91 Å². The smallest absolute Gasteiger partial charge is 0.259 e. The molecular weight excluding hydrogens is 326 g/mol. The second kappa shape index (κ2) is 7.46. The Morgan fingerprint density at radius 2 is 1.85 bits per heavy atom. The molecule has 0 N–H and O–H groups in total. The molecule has 5 heteroatoms. The van der Waals surface area contributed by atoms with Crippen molar-refractivity contribution < 1.29 is 9.53 Å². The van der Waals surface area contributed by atoms with Gasteiger partial charge >= 0.3 is 0 Å². The highest BCUT2D eigenvalue weighted by molar-refractivity contribution is 5.96. The van der Waals surface area contributed by atoms with Crippen LogP contribution in [0.3, 0.4) is 0 Å². The van der Waals surface area contributed by atoms with Crippen LogP contribution in [-0.4, -0.2) is 60.0 Å². The van der Waals surface area contributed by atoms with E-state index in [9.17, 15) is 4.79 Å². The maximum atomic E-state index is 12.8. The minimum atomic E-state index is 0.0172. The molecule has 1 amide bonds. The number of carbonyl (C=O) groups is 1. The van der Waals surface area contributed by atoms with Crippen molar-refractivity contribution in [2.24, 2.45) is 0 Å². The van der Waals surface area contributed by atoms with Crippen LogP contribution in [0.5, 0.6) is 5.88 Å². The van der Waals surface area contributed by atoms with E-state index >= 15 is 0 Å². The van der Waals surface area contributed by atoms with Crippen LogP contribution in [0.1, 0.15) is 27.9 Å². The summed E-state index contributed by atoms with van der Waals surface area (Å²) in [5, 5.41) is 0. The summed E-state index contributed by atoms with van der Waals surface area (Å²) < 4.78 is 5.24. The Balaban J connectivity index is 1.38. The summed E-state index contributed by atoms with van der Waals surface area (Å²) in [4.78, 5) is 21.4. The summed E-state index contributed by atoms with van der Waals surface area (Å²) in [5.74, 6) is 0.424. The van der Waals surface area contributed by atoms with Crippen molar-refractivity contribution in [3.05, 3.63) is 59.3 Å². The lowest BCUT2D eigenvalue weighted by atomic mass is 9.87. The Bertz CT molecular complexity index is 784. The predicted molar refractivity (Wildman–Crippen MR) is 101 cm³/mol. The van der Waals surface area contributed by atoms with Crippen molar-refractivity contribution in [3.8, 4) is 5.88 Å². The van der Waals surface area contributed by atoms with Gasteiger partial charge in [0.1, 0.15) is 5.56 Å². The molecule has 26 heavy (non-hydrogen) atoms. The van der Waals surface area contributed by atoms with E-state index in [1.807, 2.05) is 4.90 Å². The third-order valence-corrected chi connectivity index (χ3v) is 5.63. The lowest BCUT2D eigenvalue weighted by Crippen LogP contribution is -2.53. The Labute approximate surface area is 154 Å². The molecule has 0 bridgehead atoms. The van der Waals surface area contributed by atoms with E-state index in [2.05, 4.69) is 34.1 Å². The molecule has 5 nitrogen and oxygen atoms in total. The molecule has 1 aromatic carbocycles. The number of amides is 1. The van der Waals surface area contributed by atoms with Crippen molar-refractivity contribution in [1.82, 2.24) is 14.8 Å². The molecule has 1 saturated heterocycles. The van der Waals surface area contributed by atoms with Crippen LogP contribution in [0, 0.1) is 0 Å². The van der Waals surface area contributed by atoms with Crippen LogP contribution >= 0.6 is 0 Å². The van der Waals surface area contributed by atoms with E-state index in [4.69, 9.17) is 4.74 Å². The Morgan fingerprint density at radius 1 is 1.08 bits per heavy atom. The number of methoxy groups -OCH3 is 1. The monoisotopic (exact) mass is 351 g/mol. The second-order valence-electron chi connectivity index (χ2n) is 7.05. The quantitative estimate of drug-likeness (QED) is 0.852. The number of aromatic nitrogens is 1. The highest BCUT2D eigenvalue weighted by atomic mass is 16.5. The number of hydrogen-bond donors (Lipinski definition) is 0. The number of carbonyl (C=O) groups excluding carboxylic acids is 1. The van der Waals surface area contributed by atoms with Crippen LogP contribution in [0.2, 0.25) is 0 Å². The van der Waals surface area contributed by atoms with Crippen molar-refractivity contribution in [2.75, 3.05) is 33.3 Å². The molecule has 0 radical (unpaired) electrons. The Kier molecular flexibility index (Phi) is 4.89. The number of rotatable bonds is 3. The summed E-state index contributed by atoms with van der Waals surface area (Å²) in [5.41, 5.74) is 3.54. The minimum absolute atomic E-state index is 0.0172. The number of hydrogen-bond acceptors (Lipinski definition) is 4. The fourth-order valence-electron chi connectivity index (χ4n) is 4.17. The highest BCUT2D eigenvalue weighted by Crippen LogP contribution is 2.25. The number of pyridine rings is 1. The van der Waals surface area contributed by atoms with Crippen LogP contribution in [0.4, 0.5) is 0 Å². The van der Waals surface area contributed by atoms with Crippen molar-refractivity contribution in [2.45, 2.75) is 25.3 Å². The summed E-state index contributed by atoms with van der Waals surface area (Å²) in [6, 6.07) is 13.0. The number of aryl methyl sites for hydroxylation is 1. The highest BCUT2D eigenvalue weighted by Gasteiger charge is 2.29. The molecule has 4 rings (SSSR count). The molecule has 136 valence electrons. The Hall–Kier alpha value is -2.40. The minimum Gasteiger partial charge on any atom is -0.480 e. The standard InChI is InChI=1S/C21H25N3O2/c1-26-20-19(7-4-10-22-20)21(25)24-13-11-23(12-14-24)18-9-8-16-5-2-3-6-17(16)15-18/h2-7,10,18H,8-9,11-15H2,1H3/t18-/m1/s1. The van der Waals surface area contributed by atoms with E-state index in [1.54, 1.807) is 25.4 Å². The fourth-order valence-corrected chi connectivity index (χ4v) is 4.17. The molecule has 1 fully saturated rings. The zero-order valence-corrected chi connectivity index (χ0v) is 15.2. The van der Waals surface area contributed by atoms with Gasteiger partial charge < -0.3 is 9.64 Å². The van der Waals surface area contributed by atoms with Gasteiger partial charge in [0.05, 0.1) is 7.11 Å². The van der Waals surface area contributed by atoms with Crippen LogP contribution in [0.25, 0.3) is 0 Å². The lowest BCUT2D eigenvalue weighted by molar-refractivity contribution is 0.0549.